The molecule has 0 bridgehead atoms. The quantitative estimate of drug-likeness (QED) is 0.320. The van der Waals surface area contributed by atoms with Crippen molar-refractivity contribution >= 4 is 25.2 Å². The number of aliphatic carboxylic acids is 1. The van der Waals surface area contributed by atoms with Gasteiger partial charge >= 0.3 is 11.9 Å². The summed E-state index contributed by atoms with van der Waals surface area (Å²) in [6, 6.07) is 0. The lowest BCUT2D eigenvalue weighted by atomic mass is 10.3. The van der Waals surface area contributed by atoms with Crippen LogP contribution in [0.3, 0.4) is 0 Å². The van der Waals surface area contributed by atoms with E-state index in [4.69, 9.17) is 19.4 Å². The van der Waals surface area contributed by atoms with Crippen LogP contribution in [0.1, 0.15) is 41.0 Å². The maximum atomic E-state index is 11.8. The third-order valence-electron chi connectivity index (χ3n) is 3.99. The summed E-state index contributed by atoms with van der Waals surface area (Å²) in [4.78, 5) is 31.8. The molecule has 0 amide bonds. The van der Waals surface area contributed by atoms with Crippen molar-refractivity contribution in [2.24, 2.45) is 0 Å². The Balaban J connectivity index is 0. The first-order valence-electron chi connectivity index (χ1n) is 8.72. The van der Waals surface area contributed by atoms with Crippen molar-refractivity contribution in [1.29, 1.82) is 0 Å². The second kappa shape index (κ2) is 14.7. The van der Waals surface area contributed by atoms with Crippen molar-refractivity contribution in [3.63, 3.8) is 0 Å². The Bertz CT molecular complexity index is 446. The van der Waals surface area contributed by atoms with Crippen LogP contribution in [-0.2, 0) is 23.9 Å². The SMILES string of the molecule is C=C(C)C(=O)OCC(O)COC(=O)CC[P+](CC)(CC)CC.CC(=O)[O-]. The number of carbonyl (C=O) groups excluding carboxylic acids is 3. The third-order valence-corrected chi connectivity index (χ3v) is 9.19. The Morgan fingerprint density at radius 3 is 1.85 bits per heavy atom. The maximum absolute atomic E-state index is 11.8. The minimum absolute atomic E-state index is 0.155. The van der Waals surface area contributed by atoms with Crippen LogP contribution in [0.4, 0.5) is 0 Å². The van der Waals surface area contributed by atoms with Crippen molar-refractivity contribution in [3.8, 4) is 0 Å². The molecule has 0 aromatic heterocycles. The molecule has 0 aliphatic heterocycles. The molecular weight excluding hydrogens is 359 g/mol. The van der Waals surface area contributed by atoms with E-state index in [9.17, 15) is 14.7 Å². The van der Waals surface area contributed by atoms with Crippen molar-refractivity contribution < 1.29 is 34.1 Å². The molecule has 0 spiro atoms. The monoisotopic (exact) mass is 392 g/mol. The summed E-state index contributed by atoms with van der Waals surface area (Å²) in [5.74, 6) is -1.95. The predicted octanol–water partition coefficient (Wildman–Crippen LogP) is 1.23. The third kappa shape index (κ3) is 13.8. The molecule has 8 heteroatoms. The molecule has 0 aliphatic rings. The molecule has 0 radical (unpaired) electrons. The number of carboxylic acid groups (broad SMARTS) is 1. The summed E-state index contributed by atoms with van der Waals surface area (Å²) in [5, 5.41) is 18.5. The lowest BCUT2D eigenvalue weighted by molar-refractivity contribution is -0.302. The van der Waals surface area contributed by atoms with Gasteiger partial charge in [0.15, 0.2) is 0 Å². The van der Waals surface area contributed by atoms with Crippen molar-refractivity contribution in [2.75, 3.05) is 37.9 Å². The van der Waals surface area contributed by atoms with Crippen molar-refractivity contribution in [1.82, 2.24) is 0 Å². The molecule has 1 atom stereocenters. The summed E-state index contributed by atoms with van der Waals surface area (Å²) < 4.78 is 9.83. The first-order valence-corrected chi connectivity index (χ1v) is 11.2. The van der Waals surface area contributed by atoms with Gasteiger partial charge < -0.3 is 24.5 Å². The normalized spacial score (nSPS) is 11.6. The van der Waals surface area contributed by atoms with E-state index in [1.807, 2.05) is 0 Å². The molecule has 1 unspecified atom stereocenters. The fourth-order valence-corrected chi connectivity index (χ4v) is 5.03. The van der Waals surface area contributed by atoms with Gasteiger partial charge in [0.2, 0.25) is 0 Å². The Morgan fingerprint density at radius 2 is 1.46 bits per heavy atom. The van der Waals surface area contributed by atoms with Crippen LogP contribution in [0.25, 0.3) is 0 Å². The topological polar surface area (TPSA) is 113 Å². The van der Waals surface area contributed by atoms with Gasteiger partial charge in [0.25, 0.3) is 0 Å². The molecule has 0 rings (SSSR count). The predicted molar refractivity (Wildman–Crippen MR) is 101 cm³/mol. The van der Waals surface area contributed by atoms with Gasteiger partial charge in [0, 0.05) is 18.8 Å². The van der Waals surface area contributed by atoms with Crippen LogP contribution in [0, 0.1) is 0 Å². The van der Waals surface area contributed by atoms with Gasteiger partial charge in [0.1, 0.15) is 19.3 Å². The second-order valence-corrected chi connectivity index (χ2v) is 11.0. The van der Waals surface area contributed by atoms with Crippen LogP contribution in [0.5, 0.6) is 0 Å². The minimum Gasteiger partial charge on any atom is -0.550 e. The number of esters is 2. The standard InChI is InChI=1S/C16H30O5P.C2H4O2/c1-6-22(7-2,8-3)10-9-15(18)20-11-14(17)12-21-16(19)13(4)5;1-2(3)4/h14,17H,4,6-12H2,1-3,5H3;1H3,(H,3,4)/q+1;/p-1. The zero-order valence-corrected chi connectivity index (χ0v) is 17.5. The van der Waals surface area contributed by atoms with Crippen LogP contribution in [0.2, 0.25) is 0 Å². The van der Waals surface area contributed by atoms with Gasteiger partial charge in [0.05, 0.1) is 31.1 Å². The summed E-state index contributed by atoms with van der Waals surface area (Å²) >= 11 is 0. The lowest BCUT2D eigenvalue weighted by Crippen LogP contribution is -2.26. The molecule has 7 nitrogen and oxygen atoms in total. The highest BCUT2D eigenvalue weighted by Crippen LogP contribution is 2.58. The summed E-state index contributed by atoms with van der Waals surface area (Å²) in [6.07, 6.45) is 3.72. The highest BCUT2D eigenvalue weighted by atomic mass is 31.2. The molecular formula is C18H33O7P. The van der Waals surface area contributed by atoms with E-state index in [0.29, 0.717) is 6.42 Å². The highest BCUT2D eigenvalue weighted by Gasteiger charge is 2.31. The molecule has 0 aromatic carbocycles. The van der Waals surface area contributed by atoms with Crippen molar-refractivity contribution in [3.05, 3.63) is 12.2 Å². The van der Waals surface area contributed by atoms with E-state index in [2.05, 4.69) is 27.4 Å². The molecule has 0 saturated carbocycles. The first kappa shape index (κ1) is 26.8. The highest BCUT2D eigenvalue weighted by molar-refractivity contribution is 7.75. The molecule has 152 valence electrons. The smallest absolute Gasteiger partial charge is 0.333 e. The number of aliphatic hydroxyl groups excluding tert-OH is 1. The van der Waals surface area contributed by atoms with Gasteiger partial charge in [-0.05, 0) is 34.6 Å². The number of aliphatic hydroxyl groups is 1. The molecule has 0 aromatic rings. The Hall–Kier alpha value is -1.46. The fourth-order valence-electron chi connectivity index (χ4n) is 2.08. The van der Waals surface area contributed by atoms with Gasteiger partial charge in [-0.3, -0.25) is 4.79 Å². The van der Waals surface area contributed by atoms with Gasteiger partial charge in [-0.15, -0.1) is 0 Å². The second-order valence-electron chi connectivity index (χ2n) is 5.97. The van der Waals surface area contributed by atoms with Gasteiger partial charge in [-0.2, -0.15) is 0 Å². The molecule has 0 saturated heterocycles. The van der Waals surface area contributed by atoms with E-state index in [0.717, 1.165) is 31.6 Å². The molecule has 0 heterocycles. The molecule has 0 fully saturated rings. The maximum Gasteiger partial charge on any atom is 0.333 e. The number of carbonyl (C=O) groups is 3. The van der Waals surface area contributed by atoms with E-state index < -0.39 is 25.3 Å². The summed E-state index contributed by atoms with van der Waals surface area (Å²) in [7, 11) is -1.02. The minimum atomic E-state index is -1.08. The van der Waals surface area contributed by atoms with Crippen molar-refractivity contribution in [2.45, 2.75) is 47.1 Å². The zero-order chi connectivity index (χ0) is 20.8. The molecule has 0 aliphatic carbocycles. The zero-order valence-electron chi connectivity index (χ0n) is 16.6. The Labute approximate surface area is 157 Å². The number of hydrogen-bond acceptors (Lipinski definition) is 7. The number of ether oxygens (including phenoxy) is 2. The van der Waals surface area contributed by atoms with E-state index >= 15 is 0 Å². The largest absolute Gasteiger partial charge is 0.550 e. The number of rotatable bonds is 11. The summed E-state index contributed by atoms with van der Waals surface area (Å²) in [5.41, 5.74) is 0.267. The van der Waals surface area contributed by atoms with E-state index in [1.54, 1.807) is 0 Å². The average Bonchev–Trinajstić information content (AvgIpc) is 2.58. The molecule has 1 N–H and O–H groups in total. The van der Waals surface area contributed by atoms with E-state index in [1.165, 1.54) is 6.92 Å². The summed E-state index contributed by atoms with van der Waals surface area (Å²) in [6.45, 7) is 12.1. The number of hydrogen-bond donors (Lipinski definition) is 1. The van der Waals surface area contributed by atoms with Crippen LogP contribution in [0.15, 0.2) is 12.2 Å². The fraction of sp³-hybridized carbons (Fsp3) is 0.722. The first-order chi connectivity index (χ1) is 12.0. The average molecular weight is 392 g/mol. The van der Waals surface area contributed by atoms with Crippen LogP contribution >= 0.6 is 7.26 Å². The van der Waals surface area contributed by atoms with Crippen LogP contribution in [-0.4, -0.2) is 67.0 Å². The Morgan fingerprint density at radius 1 is 1.04 bits per heavy atom. The van der Waals surface area contributed by atoms with Gasteiger partial charge in [-0.1, -0.05) is 6.58 Å². The lowest BCUT2D eigenvalue weighted by Gasteiger charge is -2.23. The van der Waals surface area contributed by atoms with E-state index in [-0.39, 0.29) is 24.8 Å². The number of carboxylic acids is 1. The Kier molecular flexibility index (Phi) is 15.1. The van der Waals surface area contributed by atoms with Crippen LogP contribution < -0.4 is 5.11 Å². The molecule has 26 heavy (non-hydrogen) atoms. The van der Waals surface area contributed by atoms with Gasteiger partial charge in [-0.25, -0.2) is 4.79 Å².